The number of benzene rings is 1. The quantitative estimate of drug-likeness (QED) is 0.393. The number of carbonyl (C=O) groups excluding carboxylic acids is 2. The lowest BCUT2D eigenvalue weighted by Crippen LogP contribution is -2.10. The van der Waals surface area contributed by atoms with E-state index < -0.39 is 16.8 Å². The number of aryl methyl sites for hydroxylation is 1. The maximum Gasteiger partial charge on any atom is 0.330 e. The topological polar surface area (TPSA) is 98.5 Å². The average Bonchev–Trinajstić information content (AvgIpc) is 2.37. The van der Waals surface area contributed by atoms with Gasteiger partial charge in [-0.15, -0.1) is 0 Å². The summed E-state index contributed by atoms with van der Waals surface area (Å²) in [5.74, 6) is -1.03. The van der Waals surface area contributed by atoms with Crippen LogP contribution in [-0.4, -0.2) is 23.9 Å². The number of anilines is 1. The molecule has 0 atom stereocenters. The van der Waals surface area contributed by atoms with Crippen molar-refractivity contribution in [3.05, 3.63) is 39.4 Å². The lowest BCUT2D eigenvalue weighted by atomic mass is 10.1. The van der Waals surface area contributed by atoms with Gasteiger partial charge < -0.3 is 10.1 Å². The molecule has 20 heavy (non-hydrogen) atoms. The number of nitro benzene ring substituents is 1. The van der Waals surface area contributed by atoms with E-state index in [1.54, 1.807) is 13.0 Å². The zero-order chi connectivity index (χ0) is 15.3. The lowest BCUT2D eigenvalue weighted by molar-refractivity contribution is -0.384. The molecule has 1 N–H and O–H groups in total. The molecule has 106 valence electrons. The summed E-state index contributed by atoms with van der Waals surface area (Å²) in [6, 6.07) is 2.97. The molecule has 0 unspecified atom stereocenters. The third-order valence-electron chi connectivity index (χ3n) is 2.39. The van der Waals surface area contributed by atoms with E-state index in [9.17, 15) is 19.7 Å². The van der Waals surface area contributed by atoms with Crippen LogP contribution in [0.2, 0.25) is 0 Å². The van der Waals surface area contributed by atoms with Crippen molar-refractivity contribution in [2.24, 2.45) is 0 Å². The highest BCUT2D eigenvalue weighted by molar-refractivity contribution is 5.96. The molecule has 0 heterocycles. The van der Waals surface area contributed by atoms with E-state index in [1.807, 2.05) is 0 Å². The SMILES string of the molecule is COC(=O)/C=C/c1cc(C)cc([N+](=O)[O-])c1NC(C)=O. The van der Waals surface area contributed by atoms with Crippen molar-refractivity contribution in [1.82, 2.24) is 0 Å². The number of nitro groups is 1. The molecular weight excluding hydrogens is 264 g/mol. The Hall–Kier alpha value is -2.70. The third-order valence-corrected chi connectivity index (χ3v) is 2.39. The number of esters is 1. The van der Waals surface area contributed by atoms with Crippen molar-refractivity contribution in [3.63, 3.8) is 0 Å². The monoisotopic (exact) mass is 278 g/mol. The zero-order valence-corrected chi connectivity index (χ0v) is 11.3. The first-order valence-corrected chi connectivity index (χ1v) is 5.67. The molecule has 1 aromatic carbocycles. The second kappa shape index (κ2) is 6.46. The second-order valence-corrected chi connectivity index (χ2v) is 4.04. The van der Waals surface area contributed by atoms with Gasteiger partial charge in [0.25, 0.3) is 5.69 Å². The first-order valence-electron chi connectivity index (χ1n) is 5.67. The molecule has 0 fully saturated rings. The smallest absolute Gasteiger partial charge is 0.330 e. The van der Waals surface area contributed by atoms with Crippen LogP contribution in [0.25, 0.3) is 6.08 Å². The molecule has 0 radical (unpaired) electrons. The minimum absolute atomic E-state index is 0.0493. The normalized spacial score (nSPS) is 10.3. The number of amides is 1. The highest BCUT2D eigenvalue weighted by atomic mass is 16.6. The molecule has 0 saturated heterocycles. The number of carbonyl (C=O) groups is 2. The van der Waals surface area contributed by atoms with Gasteiger partial charge in [-0.2, -0.15) is 0 Å². The van der Waals surface area contributed by atoms with E-state index in [0.717, 1.165) is 6.08 Å². The Balaban J connectivity index is 3.39. The summed E-state index contributed by atoms with van der Waals surface area (Å²) in [5, 5.41) is 13.4. The number of methoxy groups -OCH3 is 1. The van der Waals surface area contributed by atoms with Crippen LogP contribution in [0.15, 0.2) is 18.2 Å². The lowest BCUT2D eigenvalue weighted by Gasteiger charge is -2.09. The second-order valence-electron chi connectivity index (χ2n) is 4.04. The van der Waals surface area contributed by atoms with Gasteiger partial charge in [0, 0.05) is 24.6 Å². The van der Waals surface area contributed by atoms with Gasteiger partial charge in [-0.1, -0.05) is 0 Å². The van der Waals surface area contributed by atoms with Crippen molar-refractivity contribution in [2.45, 2.75) is 13.8 Å². The van der Waals surface area contributed by atoms with Crippen molar-refractivity contribution >= 4 is 29.3 Å². The largest absolute Gasteiger partial charge is 0.466 e. The van der Waals surface area contributed by atoms with Crippen molar-refractivity contribution in [2.75, 3.05) is 12.4 Å². The van der Waals surface area contributed by atoms with Gasteiger partial charge in [0.05, 0.1) is 12.0 Å². The maximum atomic E-state index is 11.2. The van der Waals surface area contributed by atoms with Gasteiger partial charge >= 0.3 is 5.97 Å². The Kier molecular flexibility index (Phi) is 4.96. The van der Waals surface area contributed by atoms with Gasteiger partial charge in [0.2, 0.25) is 5.91 Å². The number of hydrogen-bond acceptors (Lipinski definition) is 5. The van der Waals surface area contributed by atoms with Gasteiger partial charge in [-0.05, 0) is 24.6 Å². The van der Waals surface area contributed by atoms with E-state index in [1.165, 1.54) is 26.2 Å². The van der Waals surface area contributed by atoms with Crippen molar-refractivity contribution < 1.29 is 19.2 Å². The molecular formula is C13H14N2O5. The first kappa shape index (κ1) is 15.4. The fourth-order valence-electron chi connectivity index (χ4n) is 1.61. The van der Waals surface area contributed by atoms with Crippen LogP contribution in [0.1, 0.15) is 18.1 Å². The molecule has 0 saturated carbocycles. The minimum atomic E-state index is -0.595. The summed E-state index contributed by atoms with van der Waals surface area (Å²) >= 11 is 0. The van der Waals surface area contributed by atoms with Crippen molar-refractivity contribution in [3.8, 4) is 0 Å². The fraction of sp³-hybridized carbons (Fsp3) is 0.231. The van der Waals surface area contributed by atoms with Gasteiger partial charge in [-0.3, -0.25) is 14.9 Å². The predicted octanol–water partition coefficient (Wildman–Crippen LogP) is 2.05. The summed E-state index contributed by atoms with van der Waals surface area (Å²) in [4.78, 5) is 32.7. The Morgan fingerprint density at radius 3 is 2.55 bits per heavy atom. The van der Waals surface area contributed by atoms with Crippen LogP contribution in [0.3, 0.4) is 0 Å². The Morgan fingerprint density at radius 1 is 1.40 bits per heavy atom. The van der Waals surface area contributed by atoms with Crippen LogP contribution in [0, 0.1) is 17.0 Å². The first-order chi connectivity index (χ1) is 9.35. The van der Waals surface area contributed by atoms with Crippen LogP contribution in [-0.2, 0) is 14.3 Å². The molecule has 1 aromatic rings. The molecule has 0 aromatic heterocycles. The van der Waals surface area contributed by atoms with E-state index in [-0.39, 0.29) is 11.4 Å². The van der Waals surface area contributed by atoms with Crippen LogP contribution >= 0.6 is 0 Å². The van der Waals surface area contributed by atoms with E-state index in [2.05, 4.69) is 10.1 Å². The Morgan fingerprint density at radius 2 is 2.05 bits per heavy atom. The van der Waals surface area contributed by atoms with Crippen LogP contribution < -0.4 is 5.32 Å². The predicted molar refractivity (Wildman–Crippen MR) is 73.2 cm³/mol. The molecule has 0 aliphatic heterocycles. The fourth-order valence-corrected chi connectivity index (χ4v) is 1.61. The molecule has 7 heteroatoms. The Bertz CT molecular complexity index is 593. The van der Waals surface area contributed by atoms with E-state index in [0.29, 0.717) is 11.1 Å². The van der Waals surface area contributed by atoms with E-state index in [4.69, 9.17) is 0 Å². The maximum absolute atomic E-state index is 11.2. The number of nitrogens with one attached hydrogen (secondary N) is 1. The molecule has 0 aliphatic carbocycles. The van der Waals surface area contributed by atoms with Gasteiger partial charge in [0.15, 0.2) is 0 Å². The molecule has 1 rings (SSSR count). The zero-order valence-electron chi connectivity index (χ0n) is 11.3. The molecule has 0 bridgehead atoms. The number of nitrogens with zero attached hydrogens (tertiary/aromatic N) is 1. The molecule has 0 spiro atoms. The minimum Gasteiger partial charge on any atom is -0.466 e. The number of ether oxygens (including phenoxy) is 1. The van der Waals surface area contributed by atoms with Gasteiger partial charge in [0.1, 0.15) is 5.69 Å². The average molecular weight is 278 g/mol. The van der Waals surface area contributed by atoms with Crippen LogP contribution in [0.4, 0.5) is 11.4 Å². The summed E-state index contributed by atoms with van der Waals surface area (Å²) in [6.45, 7) is 2.93. The standard InChI is InChI=1S/C13H14N2O5/c1-8-6-10(4-5-12(17)20-3)13(14-9(2)16)11(7-8)15(18)19/h4-7H,1-3H3,(H,14,16)/b5-4+. The highest BCUT2D eigenvalue weighted by Crippen LogP contribution is 2.31. The number of hydrogen-bond donors (Lipinski definition) is 1. The van der Waals surface area contributed by atoms with Gasteiger partial charge in [-0.25, -0.2) is 4.79 Å². The summed E-state index contributed by atoms with van der Waals surface area (Å²) in [5.41, 5.74) is 0.811. The van der Waals surface area contributed by atoms with E-state index >= 15 is 0 Å². The molecule has 0 aliphatic rings. The Labute approximate surface area is 115 Å². The van der Waals surface area contributed by atoms with Crippen LogP contribution in [0.5, 0.6) is 0 Å². The summed E-state index contributed by atoms with van der Waals surface area (Å²) in [6.07, 6.45) is 2.49. The molecule has 1 amide bonds. The third kappa shape index (κ3) is 3.91. The number of rotatable bonds is 4. The molecule has 7 nitrogen and oxygen atoms in total. The summed E-state index contributed by atoms with van der Waals surface area (Å²) < 4.78 is 4.45. The summed E-state index contributed by atoms with van der Waals surface area (Å²) in [7, 11) is 1.22. The van der Waals surface area contributed by atoms with Crippen molar-refractivity contribution in [1.29, 1.82) is 0 Å². The highest BCUT2D eigenvalue weighted by Gasteiger charge is 2.18.